The van der Waals surface area contributed by atoms with Crippen LogP contribution in [0.25, 0.3) is 0 Å². The van der Waals surface area contributed by atoms with E-state index in [1.54, 1.807) is 10.7 Å². The Morgan fingerprint density at radius 1 is 0.522 bits per heavy atom. The summed E-state index contributed by atoms with van der Waals surface area (Å²) in [7, 11) is 0. The molecule has 0 bridgehead atoms. The predicted molar refractivity (Wildman–Crippen MR) is 105 cm³/mol. The second kappa shape index (κ2) is 8.03. The third kappa shape index (κ3) is 4.39. The van der Waals surface area contributed by atoms with Gasteiger partial charge >= 0.3 is 141 Å². The molecular formula is C21H22ClSn. The molecule has 0 N–H and O–H groups in total. The van der Waals surface area contributed by atoms with Gasteiger partial charge in [0.25, 0.3) is 0 Å². The first-order chi connectivity index (χ1) is 10.6. The van der Waals surface area contributed by atoms with Crippen LogP contribution in [0.15, 0.2) is 72.8 Å². The third-order valence-electron chi connectivity index (χ3n) is 3.92. The maximum atomic E-state index is 2.39. The van der Waals surface area contributed by atoms with Crippen molar-refractivity contribution in [2.75, 3.05) is 0 Å². The molecule has 117 valence electrons. The molecule has 0 fully saturated rings. The smallest absolute Gasteiger partial charge is 0.147 e. The number of hydrogen-bond acceptors (Lipinski definition) is 0. The van der Waals surface area contributed by atoms with E-state index in [1.807, 2.05) is 0 Å². The van der Waals surface area contributed by atoms with Crippen LogP contribution in [0.5, 0.6) is 0 Å². The van der Waals surface area contributed by atoms with Crippen molar-refractivity contribution in [1.82, 2.24) is 0 Å². The molecule has 0 aliphatic heterocycles. The molecule has 3 aromatic rings. The Morgan fingerprint density at radius 2 is 0.826 bits per heavy atom. The molecule has 1 radical (unpaired) electrons. The van der Waals surface area contributed by atoms with E-state index in [1.165, 1.54) is 16.7 Å². The maximum absolute atomic E-state index is 2.39. The van der Waals surface area contributed by atoms with Crippen molar-refractivity contribution in [2.45, 2.75) is 20.8 Å². The van der Waals surface area contributed by atoms with Gasteiger partial charge in [-0.2, -0.15) is 0 Å². The van der Waals surface area contributed by atoms with Crippen molar-refractivity contribution >= 4 is 42.9 Å². The fourth-order valence-electron chi connectivity index (χ4n) is 2.90. The molecule has 0 atom stereocenters. The fourth-order valence-corrected chi connectivity index (χ4v) is 11.2. The zero-order valence-corrected chi connectivity index (χ0v) is 17.5. The Hall–Kier alpha value is -1.25. The van der Waals surface area contributed by atoms with Crippen LogP contribution >= 0.6 is 12.4 Å². The minimum absolute atomic E-state index is 0. The largest absolute Gasteiger partial charge is 0.147 e. The zero-order chi connectivity index (χ0) is 15.5. The Labute approximate surface area is 152 Å². The molecule has 0 aliphatic rings. The predicted octanol–water partition coefficient (Wildman–Crippen LogP) is 3.55. The van der Waals surface area contributed by atoms with Gasteiger partial charge in [-0.15, -0.1) is 12.4 Å². The molecule has 0 amide bonds. The fraction of sp³-hybridized carbons (Fsp3) is 0.143. The first-order valence-electron chi connectivity index (χ1n) is 7.71. The summed E-state index contributed by atoms with van der Waals surface area (Å²) < 4.78 is 4.66. The van der Waals surface area contributed by atoms with Crippen molar-refractivity contribution in [1.29, 1.82) is 0 Å². The van der Waals surface area contributed by atoms with E-state index >= 15 is 0 Å². The van der Waals surface area contributed by atoms with Gasteiger partial charge in [-0.1, -0.05) is 0 Å². The van der Waals surface area contributed by atoms with E-state index in [2.05, 4.69) is 93.6 Å². The third-order valence-corrected chi connectivity index (χ3v) is 11.5. The van der Waals surface area contributed by atoms with Crippen LogP contribution in [-0.4, -0.2) is 19.8 Å². The molecule has 23 heavy (non-hydrogen) atoms. The van der Waals surface area contributed by atoms with Gasteiger partial charge in [0.1, 0.15) is 0 Å². The monoisotopic (exact) mass is 429 g/mol. The minimum atomic E-state index is -2.09. The van der Waals surface area contributed by atoms with Crippen molar-refractivity contribution < 1.29 is 0 Å². The summed E-state index contributed by atoms with van der Waals surface area (Å²) in [6, 6.07) is 27.3. The number of halogens is 1. The van der Waals surface area contributed by atoms with Gasteiger partial charge < -0.3 is 0 Å². The van der Waals surface area contributed by atoms with Gasteiger partial charge in [-0.25, -0.2) is 0 Å². The summed E-state index contributed by atoms with van der Waals surface area (Å²) in [6.07, 6.45) is 0. The number of benzene rings is 3. The number of hydrogen-bond donors (Lipinski definition) is 0. The molecule has 3 rings (SSSR count). The van der Waals surface area contributed by atoms with Crippen LogP contribution in [0.2, 0.25) is 0 Å². The molecule has 2 heteroatoms. The molecule has 3 aromatic carbocycles. The Bertz CT molecular complexity index is 687. The molecular weight excluding hydrogens is 406 g/mol. The van der Waals surface area contributed by atoms with E-state index in [4.69, 9.17) is 0 Å². The molecule has 0 saturated carbocycles. The molecule has 0 unspecified atom stereocenters. The van der Waals surface area contributed by atoms with Gasteiger partial charge in [0.05, 0.1) is 0 Å². The topological polar surface area (TPSA) is 0 Å². The molecule has 0 heterocycles. The molecule has 0 spiro atoms. The van der Waals surface area contributed by atoms with Crippen molar-refractivity contribution in [3.05, 3.63) is 89.5 Å². The Kier molecular flexibility index (Phi) is 6.32. The number of rotatable bonds is 3. The van der Waals surface area contributed by atoms with Crippen LogP contribution in [0.4, 0.5) is 0 Å². The first-order valence-corrected chi connectivity index (χ1v) is 12.0. The zero-order valence-electron chi connectivity index (χ0n) is 13.8. The van der Waals surface area contributed by atoms with E-state index in [-0.39, 0.29) is 12.4 Å². The van der Waals surface area contributed by atoms with Crippen LogP contribution in [0.3, 0.4) is 0 Å². The van der Waals surface area contributed by atoms with Gasteiger partial charge in [0, 0.05) is 0 Å². The summed E-state index contributed by atoms with van der Waals surface area (Å²) in [5.74, 6) is 0. The first kappa shape index (κ1) is 18.1. The Morgan fingerprint density at radius 3 is 1.09 bits per heavy atom. The van der Waals surface area contributed by atoms with E-state index in [0.29, 0.717) is 0 Å². The Balaban J connectivity index is 0.00000192. The van der Waals surface area contributed by atoms with E-state index < -0.39 is 19.8 Å². The average Bonchev–Trinajstić information content (AvgIpc) is 2.48. The van der Waals surface area contributed by atoms with Crippen LogP contribution in [0, 0.1) is 20.8 Å². The van der Waals surface area contributed by atoms with Gasteiger partial charge in [0.2, 0.25) is 0 Å². The second-order valence-electron chi connectivity index (χ2n) is 5.98. The van der Waals surface area contributed by atoms with Crippen molar-refractivity contribution in [3.8, 4) is 0 Å². The molecule has 0 aliphatic carbocycles. The second-order valence-corrected chi connectivity index (χ2v) is 13.1. The summed E-state index contributed by atoms with van der Waals surface area (Å²) in [4.78, 5) is 0. The molecule has 0 aromatic heterocycles. The van der Waals surface area contributed by atoms with Crippen LogP contribution < -0.4 is 10.7 Å². The van der Waals surface area contributed by atoms with Crippen molar-refractivity contribution in [2.24, 2.45) is 0 Å². The normalized spacial score (nSPS) is 10.4. The summed E-state index contributed by atoms with van der Waals surface area (Å²) in [5, 5.41) is 0. The van der Waals surface area contributed by atoms with Gasteiger partial charge in [-0.05, 0) is 0 Å². The summed E-state index contributed by atoms with van der Waals surface area (Å²) in [5.41, 5.74) is 4.07. The summed E-state index contributed by atoms with van der Waals surface area (Å²) in [6.45, 7) is 6.57. The molecule has 0 saturated heterocycles. The average molecular weight is 429 g/mol. The summed E-state index contributed by atoms with van der Waals surface area (Å²) >= 11 is -2.09. The van der Waals surface area contributed by atoms with Crippen molar-refractivity contribution in [3.63, 3.8) is 0 Å². The van der Waals surface area contributed by atoms with E-state index in [0.717, 1.165) is 0 Å². The molecule has 0 nitrogen and oxygen atoms in total. The quantitative estimate of drug-likeness (QED) is 0.560. The standard InChI is InChI=1S/3C7H7.ClH.Sn/c3*1-7-5-3-2-4-6-7;;/h3*2-3,5-6H,1H3;1H;. The van der Waals surface area contributed by atoms with Crippen LogP contribution in [0.1, 0.15) is 16.7 Å². The van der Waals surface area contributed by atoms with Crippen LogP contribution in [-0.2, 0) is 0 Å². The van der Waals surface area contributed by atoms with Gasteiger partial charge in [0.15, 0.2) is 0 Å². The van der Waals surface area contributed by atoms with E-state index in [9.17, 15) is 0 Å². The number of aryl methyl sites for hydroxylation is 3. The SMILES string of the molecule is Cc1ccc[c]([Sn]([c]2cccc(C)c2)[c]2cccc(C)c2)c1.Cl. The van der Waals surface area contributed by atoms with Gasteiger partial charge in [-0.3, -0.25) is 0 Å². The minimum Gasteiger partial charge on any atom is -0.147 e. The maximum Gasteiger partial charge on any atom is -0.147 e.